The molecule has 1 unspecified atom stereocenters. The molecule has 1 atom stereocenters. The van der Waals surface area contributed by atoms with Crippen LogP contribution in [-0.2, 0) is 0 Å². The maximum absolute atomic E-state index is 2.87. The van der Waals surface area contributed by atoms with E-state index in [-0.39, 0.29) is 0 Å². The van der Waals surface area contributed by atoms with Gasteiger partial charge in [0.2, 0.25) is 0 Å². The molecule has 1 nitrogen and oxygen atoms in total. The third-order valence-corrected chi connectivity index (χ3v) is 4.22. The third kappa shape index (κ3) is 2.30. The van der Waals surface area contributed by atoms with Crippen molar-refractivity contribution in [3.05, 3.63) is 0 Å². The van der Waals surface area contributed by atoms with Crippen LogP contribution in [0.1, 0.15) is 73.6 Å². The first-order valence-electron chi connectivity index (χ1n) is 6.94. The van der Waals surface area contributed by atoms with Gasteiger partial charge >= 0.3 is 0 Å². The topological polar surface area (TPSA) is 3.24 Å². The average molecular weight is 223 g/mol. The van der Waals surface area contributed by atoms with Crippen LogP contribution in [0.5, 0.6) is 0 Å². The van der Waals surface area contributed by atoms with Gasteiger partial charge < -0.3 is 0 Å². The summed E-state index contributed by atoms with van der Waals surface area (Å²) in [5.41, 5.74) is 1.44. The van der Waals surface area contributed by atoms with Gasteiger partial charge in [-0.2, -0.15) is 0 Å². The van der Waals surface area contributed by atoms with Gasteiger partial charge in [-0.25, -0.2) is 0 Å². The summed E-state index contributed by atoms with van der Waals surface area (Å²) >= 11 is 0. The van der Waals surface area contributed by atoms with Crippen LogP contribution in [0.2, 0.25) is 0 Å². The molecule has 16 heavy (non-hydrogen) atoms. The monoisotopic (exact) mass is 223 g/mol. The first kappa shape index (κ1) is 12.4. The van der Waals surface area contributed by atoms with Crippen molar-refractivity contribution >= 4 is 0 Å². The minimum Gasteiger partial charge on any atom is -0.290 e. The van der Waals surface area contributed by atoms with Gasteiger partial charge in [-0.15, -0.1) is 0 Å². The van der Waals surface area contributed by atoms with Crippen molar-refractivity contribution in [3.8, 4) is 0 Å². The van der Waals surface area contributed by atoms with E-state index in [4.69, 9.17) is 0 Å². The lowest BCUT2D eigenvalue weighted by molar-refractivity contribution is 0.0458. The molecule has 1 aliphatic carbocycles. The zero-order valence-electron chi connectivity index (χ0n) is 12.1. The molecule has 0 bridgehead atoms. The van der Waals surface area contributed by atoms with Crippen LogP contribution in [0.3, 0.4) is 0 Å². The Labute approximate surface area is 102 Å². The van der Waals surface area contributed by atoms with E-state index in [1.807, 2.05) is 0 Å². The van der Waals surface area contributed by atoms with Gasteiger partial charge in [0.25, 0.3) is 0 Å². The van der Waals surface area contributed by atoms with Crippen molar-refractivity contribution in [1.82, 2.24) is 4.90 Å². The third-order valence-electron chi connectivity index (χ3n) is 4.22. The molecule has 1 saturated heterocycles. The van der Waals surface area contributed by atoms with Gasteiger partial charge in [0, 0.05) is 17.1 Å². The number of hydrogen-bond donors (Lipinski definition) is 0. The Bertz CT molecular complexity index is 262. The van der Waals surface area contributed by atoms with E-state index in [0.29, 0.717) is 16.5 Å². The average Bonchev–Trinajstić information content (AvgIpc) is 2.66. The Hall–Kier alpha value is -0.0400. The van der Waals surface area contributed by atoms with Crippen LogP contribution >= 0.6 is 0 Å². The van der Waals surface area contributed by atoms with Crippen molar-refractivity contribution in [2.24, 2.45) is 5.41 Å². The SMILES string of the molecule is CC(C)(C)CC1CCC2(CC2)N1C(C)(C)C. The minimum atomic E-state index is 0.350. The van der Waals surface area contributed by atoms with E-state index in [9.17, 15) is 0 Å². The van der Waals surface area contributed by atoms with Crippen LogP contribution < -0.4 is 0 Å². The molecule has 0 N–H and O–H groups in total. The standard InChI is InChI=1S/C15H29N/c1-13(2,3)11-12-7-8-15(9-10-15)16(12)14(4,5)6/h12H,7-11H2,1-6H3. The molecule has 0 aromatic carbocycles. The van der Waals surface area contributed by atoms with Crippen LogP contribution in [0.4, 0.5) is 0 Å². The Kier molecular flexibility index (Phi) is 2.70. The molecule has 2 fully saturated rings. The lowest BCUT2D eigenvalue weighted by atomic mass is 9.86. The normalized spacial score (nSPS) is 30.0. The van der Waals surface area contributed by atoms with Crippen molar-refractivity contribution in [1.29, 1.82) is 0 Å². The maximum Gasteiger partial charge on any atom is 0.0219 e. The van der Waals surface area contributed by atoms with Crippen molar-refractivity contribution in [2.75, 3.05) is 0 Å². The largest absolute Gasteiger partial charge is 0.290 e. The highest BCUT2D eigenvalue weighted by Gasteiger charge is 2.57. The highest BCUT2D eigenvalue weighted by Crippen LogP contribution is 2.56. The van der Waals surface area contributed by atoms with Gasteiger partial charge in [0.1, 0.15) is 0 Å². The first-order chi connectivity index (χ1) is 7.14. The second-order valence-electron chi connectivity index (χ2n) is 8.22. The minimum absolute atomic E-state index is 0.350. The summed E-state index contributed by atoms with van der Waals surface area (Å²) in [5.74, 6) is 0. The van der Waals surface area contributed by atoms with E-state index >= 15 is 0 Å². The number of likely N-dealkylation sites (tertiary alicyclic amines) is 1. The summed E-state index contributed by atoms with van der Waals surface area (Å²) in [7, 11) is 0. The molecular formula is C15H29N. The zero-order chi connectivity index (χ0) is 12.2. The molecule has 0 aromatic rings. The van der Waals surface area contributed by atoms with Crippen LogP contribution in [0.15, 0.2) is 0 Å². The molecule has 1 spiro atoms. The molecule has 0 radical (unpaired) electrons. The second-order valence-corrected chi connectivity index (χ2v) is 8.22. The highest BCUT2D eigenvalue weighted by atomic mass is 15.3. The molecule has 0 aromatic heterocycles. The molecule has 0 amide bonds. The Morgan fingerprint density at radius 1 is 1.00 bits per heavy atom. The molecule has 1 aliphatic heterocycles. The fourth-order valence-corrected chi connectivity index (χ4v) is 3.87. The van der Waals surface area contributed by atoms with Gasteiger partial charge in [0.15, 0.2) is 0 Å². The Morgan fingerprint density at radius 2 is 1.56 bits per heavy atom. The van der Waals surface area contributed by atoms with Crippen molar-refractivity contribution < 1.29 is 0 Å². The van der Waals surface area contributed by atoms with Crippen LogP contribution in [0.25, 0.3) is 0 Å². The predicted octanol–water partition coefficient (Wildman–Crippen LogP) is 4.22. The molecule has 94 valence electrons. The molecule has 1 heterocycles. The number of hydrogen-bond acceptors (Lipinski definition) is 1. The fraction of sp³-hybridized carbons (Fsp3) is 1.00. The summed E-state index contributed by atoms with van der Waals surface area (Å²) in [6, 6.07) is 0.822. The molecular weight excluding hydrogens is 194 g/mol. The first-order valence-corrected chi connectivity index (χ1v) is 6.94. The van der Waals surface area contributed by atoms with Crippen LogP contribution in [-0.4, -0.2) is 22.0 Å². The van der Waals surface area contributed by atoms with Gasteiger partial charge in [0.05, 0.1) is 0 Å². The highest BCUT2D eigenvalue weighted by molar-refractivity contribution is 5.13. The molecule has 2 aliphatic rings. The second kappa shape index (κ2) is 3.48. The summed E-state index contributed by atoms with van der Waals surface area (Å²) in [6.07, 6.45) is 7.13. The van der Waals surface area contributed by atoms with Crippen molar-refractivity contribution in [2.45, 2.75) is 90.8 Å². The lowest BCUT2D eigenvalue weighted by Crippen LogP contribution is -2.51. The zero-order valence-corrected chi connectivity index (χ0v) is 12.1. The fourth-order valence-electron chi connectivity index (χ4n) is 3.87. The Balaban J connectivity index is 2.14. The molecule has 2 rings (SSSR count). The van der Waals surface area contributed by atoms with Gasteiger partial charge in [-0.1, -0.05) is 20.8 Å². The molecule has 1 saturated carbocycles. The summed E-state index contributed by atoms with van der Waals surface area (Å²) in [6.45, 7) is 14.3. The predicted molar refractivity (Wildman–Crippen MR) is 70.7 cm³/mol. The van der Waals surface area contributed by atoms with Gasteiger partial charge in [-0.3, -0.25) is 4.90 Å². The Morgan fingerprint density at radius 3 is 1.94 bits per heavy atom. The smallest absolute Gasteiger partial charge is 0.0219 e. The van der Waals surface area contributed by atoms with E-state index in [2.05, 4.69) is 46.4 Å². The summed E-state index contributed by atoms with van der Waals surface area (Å²) < 4.78 is 0. The summed E-state index contributed by atoms with van der Waals surface area (Å²) in [5, 5.41) is 0. The van der Waals surface area contributed by atoms with Crippen molar-refractivity contribution in [3.63, 3.8) is 0 Å². The summed E-state index contributed by atoms with van der Waals surface area (Å²) in [4.78, 5) is 2.87. The quantitative estimate of drug-likeness (QED) is 0.643. The van der Waals surface area contributed by atoms with E-state index in [1.54, 1.807) is 0 Å². The van der Waals surface area contributed by atoms with Gasteiger partial charge in [-0.05, 0) is 58.3 Å². The maximum atomic E-state index is 2.87. The van der Waals surface area contributed by atoms with E-state index < -0.39 is 0 Å². The lowest BCUT2D eigenvalue weighted by Gasteiger charge is -2.43. The number of rotatable bonds is 1. The van der Waals surface area contributed by atoms with E-state index in [1.165, 1.54) is 32.1 Å². The van der Waals surface area contributed by atoms with Crippen LogP contribution in [0, 0.1) is 5.41 Å². The molecule has 1 heteroatoms. The number of nitrogens with zero attached hydrogens (tertiary/aromatic N) is 1. The van der Waals surface area contributed by atoms with E-state index in [0.717, 1.165) is 6.04 Å².